The summed E-state index contributed by atoms with van der Waals surface area (Å²) in [5.74, 6) is 0.554. The van der Waals surface area contributed by atoms with Gasteiger partial charge in [-0.25, -0.2) is 4.98 Å². The number of hydrogen-bond acceptors (Lipinski definition) is 4. The van der Waals surface area contributed by atoms with Crippen LogP contribution in [0.4, 0.5) is 5.82 Å². The third-order valence-electron chi connectivity index (χ3n) is 2.55. The number of nitrogens with two attached hydrogens (primary N) is 1. The number of aromatic nitrogens is 2. The second-order valence-corrected chi connectivity index (χ2v) is 4.82. The monoisotopic (exact) mass is 356 g/mol. The molecule has 1 atom stereocenters. The topological polar surface area (TPSA) is 83.8 Å². The lowest BCUT2D eigenvalue weighted by atomic mass is 10.1. The number of H-pyrrole nitrogens is 1. The molecule has 94 valence electrons. The summed E-state index contributed by atoms with van der Waals surface area (Å²) in [7, 11) is 0. The van der Waals surface area contributed by atoms with Gasteiger partial charge in [-0.1, -0.05) is 30.3 Å². The summed E-state index contributed by atoms with van der Waals surface area (Å²) in [6.45, 7) is 0.425. The average molecular weight is 356 g/mol. The first-order valence-corrected chi connectivity index (χ1v) is 6.55. The minimum absolute atomic E-state index is 0.0611. The molecule has 0 aliphatic rings. The van der Waals surface area contributed by atoms with Crippen LogP contribution in [0.5, 0.6) is 0 Å². The van der Waals surface area contributed by atoms with E-state index < -0.39 is 0 Å². The van der Waals surface area contributed by atoms with E-state index in [0.717, 1.165) is 5.56 Å². The maximum Gasteiger partial charge on any atom is 0.266 e. The van der Waals surface area contributed by atoms with Crippen molar-refractivity contribution in [3.63, 3.8) is 0 Å². The number of aromatic amines is 1. The van der Waals surface area contributed by atoms with Crippen LogP contribution >= 0.6 is 22.6 Å². The highest BCUT2D eigenvalue weighted by Crippen LogP contribution is 2.18. The largest absolute Gasteiger partial charge is 0.361 e. The molecule has 0 saturated heterocycles. The van der Waals surface area contributed by atoms with E-state index >= 15 is 0 Å². The molecule has 2 rings (SSSR count). The van der Waals surface area contributed by atoms with Crippen LogP contribution in [0.1, 0.15) is 11.6 Å². The van der Waals surface area contributed by atoms with Crippen molar-refractivity contribution in [1.82, 2.24) is 9.97 Å². The summed E-state index contributed by atoms with van der Waals surface area (Å²) in [6.07, 6.45) is 1.38. The molecule has 4 N–H and O–H groups in total. The number of halogens is 1. The maximum absolute atomic E-state index is 11.5. The van der Waals surface area contributed by atoms with Crippen LogP contribution in [0.3, 0.4) is 0 Å². The van der Waals surface area contributed by atoms with Gasteiger partial charge < -0.3 is 16.0 Å². The van der Waals surface area contributed by atoms with Gasteiger partial charge in [-0.05, 0) is 28.2 Å². The highest BCUT2D eigenvalue weighted by Gasteiger charge is 2.12. The summed E-state index contributed by atoms with van der Waals surface area (Å²) >= 11 is 1.96. The van der Waals surface area contributed by atoms with E-state index in [1.165, 1.54) is 6.33 Å². The Labute approximate surface area is 118 Å². The van der Waals surface area contributed by atoms with Gasteiger partial charge in [0.25, 0.3) is 5.56 Å². The molecule has 0 saturated carbocycles. The Morgan fingerprint density at radius 3 is 2.78 bits per heavy atom. The molecule has 6 heteroatoms. The van der Waals surface area contributed by atoms with Crippen molar-refractivity contribution in [3.05, 3.63) is 56.1 Å². The van der Waals surface area contributed by atoms with Gasteiger partial charge in [-0.3, -0.25) is 4.79 Å². The Bertz CT molecular complexity index is 570. The second kappa shape index (κ2) is 5.96. The quantitative estimate of drug-likeness (QED) is 0.725. The van der Waals surface area contributed by atoms with E-state index in [4.69, 9.17) is 5.73 Å². The van der Waals surface area contributed by atoms with Gasteiger partial charge in [-0.2, -0.15) is 0 Å². The maximum atomic E-state index is 11.5. The molecule has 0 radical (unpaired) electrons. The second-order valence-electron chi connectivity index (χ2n) is 3.74. The normalized spacial score (nSPS) is 12.1. The number of rotatable bonds is 4. The molecule has 0 spiro atoms. The summed E-state index contributed by atoms with van der Waals surface area (Å²) in [4.78, 5) is 18.1. The zero-order valence-corrected chi connectivity index (χ0v) is 11.7. The zero-order chi connectivity index (χ0) is 13.0. The summed E-state index contributed by atoms with van der Waals surface area (Å²) in [5.41, 5.74) is 6.67. The van der Waals surface area contributed by atoms with E-state index in [1.54, 1.807) is 0 Å². The highest BCUT2D eigenvalue weighted by molar-refractivity contribution is 14.1. The molecule has 1 unspecified atom stereocenters. The molecule has 1 heterocycles. The van der Waals surface area contributed by atoms with Crippen LogP contribution in [0.15, 0.2) is 41.5 Å². The van der Waals surface area contributed by atoms with E-state index in [2.05, 4.69) is 15.3 Å². The lowest BCUT2D eigenvalue weighted by Gasteiger charge is -2.18. The van der Waals surface area contributed by atoms with Gasteiger partial charge in [0.15, 0.2) is 0 Å². The first-order valence-electron chi connectivity index (χ1n) is 5.47. The van der Waals surface area contributed by atoms with Crippen LogP contribution < -0.4 is 16.6 Å². The summed E-state index contributed by atoms with van der Waals surface area (Å²) in [5, 5.41) is 3.19. The molecular formula is C12H13IN4O. The third-order valence-corrected chi connectivity index (χ3v) is 3.55. The Hall–Kier alpha value is -1.41. The Kier molecular flexibility index (Phi) is 4.32. The summed E-state index contributed by atoms with van der Waals surface area (Å²) < 4.78 is 0.532. The van der Waals surface area contributed by atoms with Gasteiger partial charge in [-0.15, -0.1) is 0 Å². The lowest BCUT2D eigenvalue weighted by molar-refractivity contribution is 0.781. The molecule has 0 aliphatic carbocycles. The van der Waals surface area contributed by atoms with Crippen molar-refractivity contribution in [1.29, 1.82) is 0 Å². The smallest absolute Gasteiger partial charge is 0.266 e. The summed E-state index contributed by atoms with van der Waals surface area (Å²) in [6, 6.07) is 9.78. The van der Waals surface area contributed by atoms with Crippen molar-refractivity contribution in [2.75, 3.05) is 11.9 Å². The fourth-order valence-electron chi connectivity index (χ4n) is 1.61. The van der Waals surface area contributed by atoms with E-state index in [-0.39, 0.29) is 11.6 Å². The molecule has 0 amide bonds. The predicted octanol–water partition coefficient (Wildman–Crippen LogP) is 1.49. The number of hydrogen-bond donors (Lipinski definition) is 3. The first kappa shape index (κ1) is 13.0. The van der Waals surface area contributed by atoms with Crippen molar-refractivity contribution >= 4 is 28.4 Å². The van der Waals surface area contributed by atoms with E-state index in [9.17, 15) is 4.79 Å². The van der Waals surface area contributed by atoms with Gasteiger partial charge in [0.2, 0.25) is 0 Å². The Morgan fingerprint density at radius 1 is 1.39 bits per heavy atom. The fourth-order valence-corrected chi connectivity index (χ4v) is 2.06. The van der Waals surface area contributed by atoms with Crippen molar-refractivity contribution in [2.45, 2.75) is 6.04 Å². The molecule has 2 aromatic rings. The number of benzene rings is 1. The Balaban J connectivity index is 2.26. The van der Waals surface area contributed by atoms with Crippen molar-refractivity contribution < 1.29 is 0 Å². The fraction of sp³-hybridized carbons (Fsp3) is 0.167. The van der Waals surface area contributed by atoms with Crippen LogP contribution in [0.25, 0.3) is 0 Å². The molecular weight excluding hydrogens is 343 g/mol. The molecule has 5 nitrogen and oxygen atoms in total. The van der Waals surface area contributed by atoms with E-state index in [1.807, 2.05) is 52.9 Å². The van der Waals surface area contributed by atoms with Gasteiger partial charge >= 0.3 is 0 Å². The van der Waals surface area contributed by atoms with Crippen LogP contribution in [-0.4, -0.2) is 16.5 Å². The zero-order valence-electron chi connectivity index (χ0n) is 9.56. The van der Waals surface area contributed by atoms with Crippen molar-refractivity contribution in [2.24, 2.45) is 5.73 Å². The first-order chi connectivity index (χ1) is 8.72. The molecule has 1 aromatic carbocycles. The van der Waals surface area contributed by atoms with Crippen LogP contribution in [0.2, 0.25) is 0 Å². The number of nitrogens with one attached hydrogen (secondary N) is 2. The van der Waals surface area contributed by atoms with E-state index in [0.29, 0.717) is 15.9 Å². The molecule has 0 aliphatic heterocycles. The van der Waals surface area contributed by atoms with Gasteiger partial charge in [0, 0.05) is 6.54 Å². The average Bonchev–Trinajstić information content (AvgIpc) is 2.41. The number of anilines is 1. The number of nitrogens with zero attached hydrogens (tertiary/aromatic N) is 1. The molecule has 18 heavy (non-hydrogen) atoms. The lowest BCUT2D eigenvalue weighted by Crippen LogP contribution is -2.23. The van der Waals surface area contributed by atoms with Crippen molar-refractivity contribution in [3.8, 4) is 0 Å². The molecule has 0 bridgehead atoms. The molecule has 0 fully saturated rings. The third kappa shape index (κ3) is 2.88. The molecule has 1 aromatic heterocycles. The minimum Gasteiger partial charge on any atom is -0.361 e. The van der Waals surface area contributed by atoms with Crippen LogP contribution in [0, 0.1) is 3.57 Å². The predicted molar refractivity (Wildman–Crippen MR) is 79.4 cm³/mol. The van der Waals surface area contributed by atoms with Gasteiger partial charge in [0.05, 0.1) is 12.4 Å². The van der Waals surface area contributed by atoms with Crippen LogP contribution in [-0.2, 0) is 0 Å². The minimum atomic E-state index is -0.156. The highest BCUT2D eigenvalue weighted by atomic mass is 127. The van der Waals surface area contributed by atoms with Gasteiger partial charge in [0.1, 0.15) is 9.39 Å². The Morgan fingerprint density at radius 2 is 2.11 bits per heavy atom. The standard InChI is InChI=1S/C12H13IN4O/c13-10-11(15-7-16-12(10)18)17-9(6-14)8-4-2-1-3-5-8/h1-5,7,9H,6,14H2,(H2,15,16,17,18). The SMILES string of the molecule is NCC(Nc1nc[nH]c(=O)c1I)c1ccccc1.